The van der Waals surface area contributed by atoms with Crippen LogP contribution in [0.5, 0.6) is 0 Å². The Morgan fingerprint density at radius 2 is 1.88 bits per heavy atom. The maximum absolute atomic E-state index is 11.0. The van der Waals surface area contributed by atoms with Crippen LogP contribution in [-0.4, -0.2) is 16.1 Å². The Kier molecular flexibility index (Phi) is 5.46. The summed E-state index contributed by atoms with van der Waals surface area (Å²) in [6, 6.07) is 7.96. The van der Waals surface area contributed by atoms with E-state index in [4.69, 9.17) is 23.2 Å². The third kappa shape index (κ3) is 4.64. The Morgan fingerprint density at radius 3 is 2.31 bits per heavy atom. The second kappa shape index (κ2) is 6.38. The Hall–Kier alpha value is -0.380. The first-order chi connectivity index (χ1) is 7.49. The van der Waals surface area contributed by atoms with Crippen LogP contribution in [0.1, 0.15) is 12.5 Å². The summed E-state index contributed by atoms with van der Waals surface area (Å²) in [7, 11) is 0. The Bertz CT molecular complexity index is 354. The minimum Gasteiger partial charge on any atom is -0.342 e. The van der Waals surface area contributed by atoms with Gasteiger partial charge in [-0.2, -0.15) is 0 Å². The average Bonchev–Trinajstić information content (AvgIpc) is 2.19. The quantitative estimate of drug-likeness (QED) is 0.520. The van der Waals surface area contributed by atoms with Gasteiger partial charge in [-0.25, -0.2) is 0 Å². The molecule has 1 amide bonds. The van der Waals surface area contributed by atoms with Crippen molar-refractivity contribution in [2.24, 2.45) is 0 Å². The summed E-state index contributed by atoms with van der Waals surface area (Å²) in [5.41, 5.74) is 1.19. The number of rotatable bonds is 4. The molecule has 1 N–H and O–H groups in total. The monoisotopic (exact) mass is 277 g/mol. The highest BCUT2D eigenvalue weighted by Gasteiger charge is 2.19. The highest BCUT2D eigenvalue weighted by molar-refractivity contribution is 8.00. The predicted octanol–water partition coefficient (Wildman–Crippen LogP) is 3.35. The van der Waals surface area contributed by atoms with Crippen LogP contribution in [0.2, 0.25) is 0 Å². The lowest BCUT2D eigenvalue weighted by molar-refractivity contribution is -0.119. The molecule has 1 rings (SSSR count). The number of nitrogens with one attached hydrogen (secondary N) is 1. The molecule has 0 spiro atoms. The zero-order chi connectivity index (χ0) is 12.1. The van der Waals surface area contributed by atoms with E-state index in [9.17, 15) is 4.79 Å². The molecule has 0 aliphatic rings. The van der Waals surface area contributed by atoms with Crippen LogP contribution in [0.4, 0.5) is 0 Å². The molecular weight excluding hydrogens is 265 g/mol. The van der Waals surface area contributed by atoms with Crippen molar-refractivity contribution >= 4 is 40.9 Å². The molecule has 0 aliphatic carbocycles. The normalized spacial score (nSPS) is 12.6. The molecule has 0 saturated heterocycles. The van der Waals surface area contributed by atoms with Crippen molar-refractivity contribution in [2.45, 2.75) is 29.0 Å². The number of carbonyl (C=O) groups excluding carboxylic acids is 1. The van der Waals surface area contributed by atoms with Gasteiger partial charge in [0.05, 0.1) is 0 Å². The minimum absolute atomic E-state index is 0.143. The summed E-state index contributed by atoms with van der Waals surface area (Å²) in [5, 5.41) is 2.37. The van der Waals surface area contributed by atoms with E-state index in [-0.39, 0.29) is 11.3 Å². The van der Waals surface area contributed by atoms with Crippen LogP contribution in [0.25, 0.3) is 0 Å². The number of hydrogen-bond acceptors (Lipinski definition) is 2. The molecule has 16 heavy (non-hydrogen) atoms. The summed E-state index contributed by atoms with van der Waals surface area (Å²) in [4.78, 5) is 11.3. The summed E-state index contributed by atoms with van der Waals surface area (Å²) in [6.45, 7) is 3.46. The van der Waals surface area contributed by atoms with Gasteiger partial charge in [0.2, 0.25) is 5.91 Å². The standard InChI is InChI=1S/C11H13Cl2NOS/c1-7-3-5-9(6-4-7)16-11(10(12)13)14-8(2)15/h3-6,10-11H,1-2H3,(H,14,15)/t11-/m0/s1. The average molecular weight is 278 g/mol. The fourth-order valence-electron chi connectivity index (χ4n) is 1.11. The molecule has 0 aliphatic heterocycles. The molecular formula is C11H13Cl2NOS. The molecule has 1 aromatic rings. The largest absolute Gasteiger partial charge is 0.342 e. The van der Waals surface area contributed by atoms with Crippen LogP contribution < -0.4 is 5.32 Å². The van der Waals surface area contributed by atoms with Gasteiger partial charge in [-0.05, 0) is 19.1 Å². The zero-order valence-electron chi connectivity index (χ0n) is 9.04. The fourth-order valence-corrected chi connectivity index (χ4v) is 2.46. The van der Waals surface area contributed by atoms with Crippen molar-refractivity contribution in [3.05, 3.63) is 29.8 Å². The van der Waals surface area contributed by atoms with Crippen molar-refractivity contribution in [2.75, 3.05) is 0 Å². The molecule has 0 radical (unpaired) electrons. The Morgan fingerprint density at radius 1 is 1.31 bits per heavy atom. The van der Waals surface area contributed by atoms with Crippen molar-refractivity contribution in [1.82, 2.24) is 5.32 Å². The maximum Gasteiger partial charge on any atom is 0.217 e. The summed E-state index contributed by atoms with van der Waals surface area (Å²) in [6.07, 6.45) is 0. The highest BCUT2D eigenvalue weighted by Crippen LogP contribution is 2.27. The van der Waals surface area contributed by atoms with Crippen molar-refractivity contribution in [1.29, 1.82) is 0 Å². The lowest BCUT2D eigenvalue weighted by Crippen LogP contribution is -2.35. The number of benzene rings is 1. The molecule has 0 saturated carbocycles. The smallest absolute Gasteiger partial charge is 0.217 e. The van der Waals surface area contributed by atoms with Gasteiger partial charge in [0.25, 0.3) is 0 Å². The molecule has 0 unspecified atom stereocenters. The zero-order valence-corrected chi connectivity index (χ0v) is 11.4. The van der Waals surface area contributed by atoms with Gasteiger partial charge in [0.15, 0.2) is 0 Å². The third-order valence-corrected chi connectivity index (χ3v) is 3.85. The highest BCUT2D eigenvalue weighted by atomic mass is 35.5. The SMILES string of the molecule is CC(=O)N[C@@H](Sc1ccc(C)cc1)C(Cl)Cl. The van der Waals surface area contributed by atoms with Gasteiger partial charge in [-0.3, -0.25) is 4.79 Å². The van der Waals surface area contributed by atoms with Crippen LogP contribution in [0, 0.1) is 6.92 Å². The van der Waals surface area contributed by atoms with Crippen molar-refractivity contribution in [3.63, 3.8) is 0 Å². The molecule has 2 nitrogen and oxygen atoms in total. The van der Waals surface area contributed by atoms with E-state index in [1.165, 1.54) is 24.2 Å². The van der Waals surface area contributed by atoms with E-state index in [0.29, 0.717) is 0 Å². The summed E-state index contributed by atoms with van der Waals surface area (Å²) in [5.74, 6) is -0.143. The lowest BCUT2D eigenvalue weighted by atomic mass is 10.2. The molecule has 1 atom stereocenters. The second-order valence-electron chi connectivity index (χ2n) is 3.39. The molecule has 0 heterocycles. The number of thioether (sulfide) groups is 1. The first kappa shape index (κ1) is 13.7. The van der Waals surface area contributed by atoms with Gasteiger partial charge in [0.1, 0.15) is 10.2 Å². The van der Waals surface area contributed by atoms with E-state index >= 15 is 0 Å². The molecule has 5 heteroatoms. The molecule has 1 aromatic carbocycles. The molecule has 0 fully saturated rings. The van der Waals surface area contributed by atoms with Gasteiger partial charge in [-0.15, -0.1) is 23.2 Å². The molecule has 88 valence electrons. The van der Waals surface area contributed by atoms with E-state index in [2.05, 4.69) is 5.32 Å². The minimum atomic E-state index is -0.643. The topological polar surface area (TPSA) is 29.1 Å². The van der Waals surface area contributed by atoms with Gasteiger partial charge in [-0.1, -0.05) is 29.5 Å². The predicted molar refractivity (Wildman–Crippen MR) is 70.1 cm³/mol. The molecule has 0 aromatic heterocycles. The van der Waals surface area contributed by atoms with Gasteiger partial charge >= 0.3 is 0 Å². The van der Waals surface area contributed by atoms with Crippen molar-refractivity contribution in [3.8, 4) is 0 Å². The number of halogens is 2. The van der Waals surface area contributed by atoms with Crippen LogP contribution in [0.3, 0.4) is 0 Å². The van der Waals surface area contributed by atoms with E-state index in [1.807, 2.05) is 31.2 Å². The number of alkyl halides is 2. The Balaban J connectivity index is 2.67. The van der Waals surface area contributed by atoms with Gasteiger partial charge < -0.3 is 5.32 Å². The van der Waals surface area contributed by atoms with E-state index in [1.54, 1.807) is 0 Å². The van der Waals surface area contributed by atoms with E-state index in [0.717, 1.165) is 4.90 Å². The number of aryl methyl sites for hydroxylation is 1. The number of hydrogen-bond donors (Lipinski definition) is 1. The van der Waals surface area contributed by atoms with Crippen molar-refractivity contribution < 1.29 is 4.79 Å². The second-order valence-corrected chi connectivity index (χ2v) is 5.77. The number of amides is 1. The first-order valence-corrected chi connectivity index (χ1v) is 6.53. The van der Waals surface area contributed by atoms with Crippen LogP contribution >= 0.6 is 35.0 Å². The summed E-state index contributed by atoms with van der Waals surface area (Å²) < 4.78 is 0. The third-order valence-electron chi connectivity index (χ3n) is 1.86. The first-order valence-electron chi connectivity index (χ1n) is 4.77. The molecule has 0 bridgehead atoms. The van der Waals surface area contributed by atoms with Crippen LogP contribution in [0.15, 0.2) is 29.2 Å². The van der Waals surface area contributed by atoms with E-state index < -0.39 is 4.84 Å². The van der Waals surface area contributed by atoms with Crippen LogP contribution in [-0.2, 0) is 4.79 Å². The number of carbonyl (C=O) groups is 1. The van der Waals surface area contributed by atoms with Gasteiger partial charge in [0, 0.05) is 11.8 Å². The maximum atomic E-state index is 11.0. The summed E-state index contributed by atoms with van der Waals surface area (Å²) >= 11 is 13.0. The fraction of sp³-hybridized carbons (Fsp3) is 0.364. The Labute approximate surface area is 110 Å². The lowest BCUT2D eigenvalue weighted by Gasteiger charge is -2.18.